The standard InChI is InChI=1S/C15H8F4N2/c16-11-3-1-9(2-4-11)10-7-20-21(8-10)12-5-13(17)15(19)14(18)6-12/h1-8H. The van der Waals surface area contributed by atoms with E-state index in [9.17, 15) is 17.6 Å². The van der Waals surface area contributed by atoms with Crippen LogP contribution in [0.1, 0.15) is 0 Å². The van der Waals surface area contributed by atoms with E-state index in [1.165, 1.54) is 29.2 Å². The van der Waals surface area contributed by atoms with E-state index < -0.39 is 17.5 Å². The van der Waals surface area contributed by atoms with Gasteiger partial charge in [0.15, 0.2) is 17.5 Å². The lowest BCUT2D eigenvalue weighted by Gasteiger charge is -2.03. The van der Waals surface area contributed by atoms with Crippen molar-refractivity contribution < 1.29 is 17.6 Å². The fourth-order valence-corrected chi connectivity index (χ4v) is 1.93. The van der Waals surface area contributed by atoms with Crippen molar-refractivity contribution in [3.05, 3.63) is 72.1 Å². The third kappa shape index (κ3) is 2.52. The Balaban J connectivity index is 2.00. The van der Waals surface area contributed by atoms with Crippen LogP contribution >= 0.6 is 0 Å². The number of nitrogens with zero attached hydrogens (tertiary/aromatic N) is 2. The molecular weight excluding hydrogens is 284 g/mol. The molecule has 0 saturated carbocycles. The lowest BCUT2D eigenvalue weighted by molar-refractivity contribution is 0.446. The first kappa shape index (κ1) is 13.4. The Bertz CT molecular complexity index is 771. The highest BCUT2D eigenvalue weighted by Crippen LogP contribution is 2.22. The van der Waals surface area contributed by atoms with E-state index in [1.54, 1.807) is 12.1 Å². The first-order valence-corrected chi connectivity index (χ1v) is 6.00. The van der Waals surface area contributed by atoms with Gasteiger partial charge in [0.05, 0.1) is 11.9 Å². The molecule has 0 amide bonds. The quantitative estimate of drug-likeness (QED) is 0.513. The number of rotatable bonds is 2. The molecule has 1 heterocycles. The SMILES string of the molecule is Fc1ccc(-c2cnn(-c3cc(F)c(F)c(F)c3)c2)cc1. The van der Waals surface area contributed by atoms with Gasteiger partial charge < -0.3 is 0 Å². The number of halogens is 4. The molecule has 0 radical (unpaired) electrons. The summed E-state index contributed by atoms with van der Waals surface area (Å²) in [4.78, 5) is 0. The predicted octanol–water partition coefficient (Wildman–Crippen LogP) is 4.10. The molecule has 6 heteroatoms. The maximum Gasteiger partial charge on any atom is 0.194 e. The molecule has 0 aliphatic rings. The van der Waals surface area contributed by atoms with Crippen LogP contribution < -0.4 is 0 Å². The van der Waals surface area contributed by atoms with Gasteiger partial charge in [-0.05, 0) is 17.7 Å². The van der Waals surface area contributed by atoms with Gasteiger partial charge in [-0.1, -0.05) is 12.1 Å². The second-order valence-corrected chi connectivity index (χ2v) is 4.40. The molecule has 3 aromatic rings. The number of hydrogen-bond donors (Lipinski definition) is 0. The van der Waals surface area contributed by atoms with E-state index in [1.807, 2.05) is 0 Å². The topological polar surface area (TPSA) is 17.8 Å². The zero-order valence-electron chi connectivity index (χ0n) is 10.5. The molecule has 106 valence electrons. The molecule has 0 unspecified atom stereocenters. The average molecular weight is 292 g/mol. The number of hydrogen-bond acceptors (Lipinski definition) is 1. The minimum Gasteiger partial charge on any atom is -0.240 e. The van der Waals surface area contributed by atoms with Crippen molar-refractivity contribution in [1.29, 1.82) is 0 Å². The Morgan fingerprint density at radius 2 is 1.43 bits per heavy atom. The molecule has 0 spiro atoms. The number of benzene rings is 2. The van der Waals surface area contributed by atoms with Gasteiger partial charge in [0.2, 0.25) is 0 Å². The molecule has 3 rings (SSSR count). The van der Waals surface area contributed by atoms with Crippen LogP contribution in [0.5, 0.6) is 0 Å². The predicted molar refractivity (Wildman–Crippen MR) is 68.8 cm³/mol. The Labute approximate surface area is 117 Å². The lowest BCUT2D eigenvalue weighted by Crippen LogP contribution is -1.99. The number of aromatic nitrogens is 2. The zero-order valence-corrected chi connectivity index (χ0v) is 10.5. The second-order valence-electron chi connectivity index (χ2n) is 4.40. The maximum absolute atomic E-state index is 13.2. The highest BCUT2D eigenvalue weighted by Gasteiger charge is 2.12. The van der Waals surface area contributed by atoms with E-state index in [4.69, 9.17) is 0 Å². The molecule has 0 N–H and O–H groups in total. The van der Waals surface area contributed by atoms with Crippen molar-refractivity contribution in [3.8, 4) is 16.8 Å². The van der Waals surface area contributed by atoms with E-state index in [2.05, 4.69) is 5.10 Å². The molecule has 2 nitrogen and oxygen atoms in total. The Kier molecular flexibility index (Phi) is 3.21. The molecular formula is C15H8F4N2. The smallest absolute Gasteiger partial charge is 0.194 e. The fourth-order valence-electron chi connectivity index (χ4n) is 1.93. The van der Waals surface area contributed by atoms with Gasteiger partial charge in [0, 0.05) is 23.9 Å². The molecule has 0 atom stereocenters. The summed E-state index contributed by atoms with van der Waals surface area (Å²) in [6.45, 7) is 0. The minimum absolute atomic E-state index is 0.0553. The van der Waals surface area contributed by atoms with Crippen molar-refractivity contribution in [3.63, 3.8) is 0 Å². The van der Waals surface area contributed by atoms with Gasteiger partial charge in [-0.2, -0.15) is 5.10 Å². The van der Waals surface area contributed by atoms with Crippen molar-refractivity contribution in [1.82, 2.24) is 9.78 Å². The van der Waals surface area contributed by atoms with Crippen LogP contribution in [-0.4, -0.2) is 9.78 Å². The van der Waals surface area contributed by atoms with E-state index in [0.29, 0.717) is 11.1 Å². The molecule has 0 aliphatic carbocycles. The summed E-state index contributed by atoms with van der Waals surface area (Å²) in [6, 6.07) is 7.40. The lowest BCUT2D eigenvalue weighted by atomic mass is 10.1. The maximum atomic E-state index is 13.2. The van der Waals surface area contributed by atoms with Gasteiger partial charge in [0.25, 0.3) is 0 Å². The van der Waals surface area contributed by atoms with E-state index in [-0.39, 0.29) is 11.5 Å². The van der Waals surface area contributed by atoms with Crippen LogP contribution in [-0.2, 0) is 0 Å². The highest BCUT2D eigenvalue weighted by molar-refractivity contribution is 5.62. The van der Waals surface area contributed by atoms with Crippen LogP contribution in [0.2, 0.25) is 0 Å². The molecule has 1 aromatic heterocycles. The normalized spacial score (nSPS) is 10.9. The van der Waals surface area contributed by atoms with Gasteiger partial charge in [-0.25, -0.2) is 22.2 Å². The minimum atomic E-state index is -1.52. The highest BCUT2D eigenvalue weighted by atomic mass is 19.2. The summed E-state index contributed by atoms with van der Waals surface area (Å²) >= 11 is 0. The van der Waals surface area contributed by atoms with E-state index in [0.717, 1.165) is 12.1 Å². The van der Waals surface area contributed by atoms with Crippen molar-refractivity contribution in [2.75, 3.05) is 0 Å². The molecule has 0 fully saturated rings. The van der Waals surface area contributed by atoms with Crippen LogP contribution in [0.15, 0.2) is 48.8 Å². The summed E-state index contributed by atoms with van der Waals surface area (Å²) in [5.74, 6) is -4.47. The van der Waals surface area contributed by atoms with Crippen LogP contribution in [0.4, 0.5) is 17.6 Å². The van der Waals surface area contributed by atoms with Gasteiger partial charge >= 0.3 is 0 Å². The van der Waals surface area contributed by atoms with Crippen LogP contribution in [0.25, 0.3) is 16.8 Å². The second kappa shape index (κ2) is 5.05. The summed E-state index contributed by atoms with van der Waals surface area (Å²) in [7, 11) is 0. The summed E-state index contributed by atoms with van der Waals surface area (Å²) < 4.78 is 53.4. The third-order valence-corrected chi connectivity index (χ3v) is 2.99. The van der Waals surface area contributed by atoms with Gasteiger partial charge in [-0.3, -0.25) is 0 Å². The third-order valence-electron chi connectivity index (χ3n) is 2.99. The van der Waals surface area contributed by atoms with Crippen molar-refractivity contribution >= 4 is 0 Å². The first-order valence-electron chi connectivity index (χ1n) is 6.00. The largest absolute Gasteiger partial charge is 0.240 e. The van der Waals surface area contributed by atoms with Crippen molar-refractivity contribution in [2.45, 2.75) is 0 Å². The summed E-state index contributed by atoms with van der Waals surface area (Å²) in [5, 5.41) is 3.96. The van der Waals surface area contributed by atoms with Crippen LogP contribution in [0.3, 0.4) is 0 Å². The Hall–Kier alpha value is -2.63. The summed E-state index contributed by atoms with van der Waals surface area (Å²) in [6.07, 6.45) is 2.98. The fraction of sp³-hybridized carbons (Fsp3) is 0. The van der Waals surface area contributed by atoms with E-state index >= 15 is 0 Å². The van der Waals surface area contributed by atoms with Gasteiger partial charge in [0.1, 0.15) is 5.82 Å². The Morgan fingerprint density at radius 1 is 0.810 bits per heavy atom. The van der Waals surface area contributed by atoms with Gasteiger partial charge in [-0.15, -0.1) is 0 Å². The first-order chi connectivity index (χ1) is 10.0. The molecule has 21 heavy (non-hydrogen) atoms. The monoisotopic (exact) mass is 292 g/mol. The molecule has 0 aliphatic heterocycles. The Morgan fingerprint density at radius 3 is 2.05 bits per heavy atom. The molecule has 0 saturated heterocycles. The van der Waals surface area contributed by atoms with Crippen molar-refractivity contribution in [2.24, 2.45) is 0 Å². The average Bonchev–Trinajstić information content (AvgIpc) is 2.95. The molecule has 0 bridgehead atoms. The molecule has 2 aromatic carbocycles. The van der Waals surface area contributed by atoms with Crippen LogP contribution in [0, 0.1) is 23.3 Å². The summed E-state index contributed by atoms with van der Waals surface area (Å²) in [5.41, 5.74) is 1.39. The zero-order chi connectivity index (χ0) is 15.0.